The minimum absolute atomic E-state index is 0.0372. The van der Waals surface area contributed by atoms with Gasteiger partial charge in [0, 0.05) is 24.3 Å². The van der Waals surface area contributed by atoms with Crippen molar-refractivity contribution in [2.75, 3.05) is 13.2 Å². The second-order valence-electron chi connectivity index (χ2n) is 7.59. The Morgan fingerprint density at radius 1 is 1.19 bits per heavy atom. The molecule has 9 heteroatoms. The molecule has 2 aromatic rings. The molecule has 1 atom stereocenters. The lowest BCUT2D eigenvalue weighted by Gasteiger charge is -2.27. The summed E-state index contributed by atoms with van der Waals surface area (Å²) in [5, 5.41) is 9.71. The van der Waals surface area contributed by atoms with Crippen LogP contribution in [0.15, 0.2) is 36.4 Å². The molecule has 168 valence electrons. The first-order chi connectivity index (χ1) is 14.5. The van der Waals surface area contributed by atoms with E-state index < -0.39 is 23.3 Å². The Balaban J connectivity index is 1.53. The van der Waals surface area contributed by atoms with Crippen molar-refractivity contribution < 1.29 is 37.3 Å². The van der Waals surface area contributed by atoms with Crippen LogP contribution in [-0.2, 0) is 17.4 Å². The summed E-state index contributed by atoms with van der Waals surface area (Å²) < 4.78 is 55.2. The smallest absolute Gasteiger partial charge is 0.416 e. The van der Waals surface area contributed by atoms with E-state index in [4.69, 9.17) is 25.8 Å². The van der Waals surface area contributed by atoms with E-state index in [2.05, 4.69) is 0 Å². The Morgan fingerprint density at radius 3 is 2.55 bits per heavy atom. The molecule has 5 nitrogen and oxygen atoms in total. The molecule has 1 heterocycles. The Morgan fingerprint density at radius 2 is 1.90 bits per heavy atom. The highest BCUT2D eigenvalue weighted by molar-refractivity contribution is 6.32. The molecular weight excluding hydrogens is 437 g/mol. The molecule has 0 bridgehead atoms. The van der Waals surface area contributed by atoms with Gasteiger partial charge in [0.25, 0.3) is 0 Å². The fourth-order valence-corrected chi connectivity index (χ4v) is 3.48. The lowest BCUT2D eigenvalue weighted by Crippen LogP contribution is -2.48. The van der Waals surface area contributed by atoms with E-state index in [0.29, 0.717) is 17.9 Å². The number of benzene rings is 2. The first-order valence-corrected chi connectivity index (χ1v) is 10.1. The molecule has 0 spiro atoms. The normalized spacial score (nSPS) is 17.9. The number of alkyl halides is 3. The number of hydrogen-bond donors (Lipinski definition) is 1. The van der Waals surface area contributed by atoms with E-state index in [9.17, 15) is 23.1 Å². The maximum atomic E-state index is 12.8. The second kappa shape index (κ2) is 8.86. The summed E-state index contributed by atoms with van der Waals surface area (Å²) >= 11 is 5.90. The first-order valence-electron chi connectivity index (χ1n) is 9.70. The van der Waals surface area contributed by atoms with Crippen LogP contribution < -0.4 is 14.2 Å². The van der Waals surface area contributed by atoms with Crippen LogP contribution in [0.4, 0.5) is 13.2 Å². The summed E-state index contributed by atoms with van der Waals surface area (Å²) in [6.07, 6.45) is -3.83. The number of carboxylic acids is 1. The molecular formula is C22H22ClF3O5. The van der Waals surface area contributed by atoms with Crippen LogP contribution in [0.1, 0.15) is 31.4 Å². The average Bonchev–Trinajstić information content (AvgIpc) is 3.08. The van der Waals surface area contributed by atoms with Crippen LogP contribution >= 0.6 is 11.6 Å². The number of carboxylic acid groups (broad SMARTS) is 1. The van der Waals surface area contributed by atoms with Gasteiger partial charge >= 0.3 is 12.1 Å². The summed E-state index contributed by atoms with van der Waals surface area (Å²) in [7, 11) is 0. The van der Waals surface area contributed by atoms with Gasteiger partial charge in [0.05, 0.1) is 23.8 Å². The van der Waals surface area contributed by atoms with Crippen molar-refractivity contribution in [2.45, 2.75) is 38.5 Å². The van der Waals surface area contributed by atoms with Crippen LogP contribution in [-0.4, -0.2) is 29.9 Å². The molecule has 0 aliphatic carbocycles. The number of hydrogen-bond acceptors (Lipinski definition) is 4. The predicted octanol–water partition coefficient (Wildman–Crippen LogP) is 5.62. The van der Waals surface area contributed by atoms with E-state index in [1.807, 2.05) is 0 Å². The number of rotatable bonds is 8. The number of aliphatic carboxylic acids is 1. The lowest BCUT2D eigenvalue weighted by molar-refractivity contribution is -0.157. The highest BCUT2D eigenvalue weighted by Gasteiger charge is 2.49. The predicted molar refractivity (Wildman–Crippen MR) is 108 cm³/mol. The van der Waals surface area contributed by atoms with Crippen LogP contribution in [0, 0.1) is 5.92 Å². The Hall–Kier alpha value is -2.61. The van der Waals surface area contributed by atoms with Gasteiger partial charge < -0.3 is 19.3 Å². The minimum atomic E-state index is -4.48. The summed E-state index contributed by atoms with van der Waals surface area (Å²) in [6, 6.07) is 8.02. The van der Waals surface area contributed by atoms with Gasteiger partial charge in [-0.15, -0.1) is 0 Å². The second-order valence-corrected chi connectivity index (χ2v) is 8.00. The van der Waals surface area contributed by atoms with Crippen LogP contribution in [0.25, 0.3) is 0 Å². The van der Waals surface area contributed by atoms with E-state index in [1.165, 1.54) is 0 Å². The SMILES string of the molecule is CC(C)[C@@]1(C(=O)O)Cc2cc(OCCCOc3cc(C(F)(F)F)ccc3Cl)ccc2O1. The van der Waals surface area contributed by atoms with E-state index >= 15 is 0 Å². The monoisotopic (exact) mass is 458 g/mol. The first kappa shape index (κ1) is 23.1. The molecule has 1 aliphatic heterocycles. The van der Waals surface area contributed by atoms with Crippen LogP contribution in [0.2, 0.25) is 5.02 Å². The third-order valence-electron chi connectivity index (χ3n) is 5.15. The van der Waals surface area contributed by atoms with Crippen molar-refractivity contribution >= 4 is 17.6 Å². The zero-order valence-corrected chi connectivity index (χ0v) is 17.7. The molecule has 3 rings (SSSR count). The number of halogens is 4. The number of carbonyl (C=O) groups is 1. The van der Waals surface area contributed by atoms with E-state index in [1.54, 1.807) is 32.0 Å². The largest absolute Gasteiger partial charge is 0.493 e. The maximum Gasteiger partial charge on any atom is 0.416 e. The Kier molecular flexibility index (Phi) is 6.59. The molecule has 1 aliphatic rings. The fraction of sp³-hybridized carbons (Fsp3) is 0.409. The molecule has 31 heavy (non-hydrogen) atoms. The van der Waals surface area contributed by atoms with Gasteiger partial charge in [0.15, 0.2) is 0 Å². The van der Waals surface area contributed by atoms with Gasteiger partial charge in [-0.05, 0) is 36.4 Å². The summed E-state index contributed by atoms with van der Waals surface area (Å²) in [6.45, 7) is 3.97. The van der Waals surface area contributed by atoms with E-state index in [0.717, 1.165) is 23.8 Å². The van der Waals surface area contributed by atoms with Gasteiger partial charge in [-0.3, -0.25) is 0 Å². The minimum Gasteiger partial charge on any atom is -0.493 e. The average molecular weight is 459 g/mol. The van der Waals surface area contributed by atoms with Gasteiger partial charge in [0.2, 0.25) is 5.60 Å². The molecule has 0 fully saturated rings. The number of fused-ring (bicyclic) bond motifs is 1. The quantitative estimate of drug-likeness (QED) is 0.520. The molecule has 2 aromatic carbocycles. The third kappa shape index (κ3) is 5.01. The molecule has 1 N–H and O–H groups in total. The fourth-order valence-electron chi connectivity index (χ4n) is 3.31. The zero-order chi connectivity index (χ0) is 22.8. The zero-order valence-electron chi connectivity index (χ0n) is 17.0. The summed E-state index contributed by atoms with van der Waals surface area (Å²) in [5.41, 5.74) is -1.37. The Labute approximate surface area is 182 Å². The Bertz CT molecular complexity index is 961. The molecule has 0 unspecified atom stereocenters. The third-order valence-corrected chi connectivity index (χ3v) is 5.46. The standard InChI is InChI=1S/C22H22ClF3O5/c1-13(2)21(20(27)28)12-14-10-16(5-7-18(14)31-21)29-8-3-9-30-19-11-15(22(24,25)26)4-6-17(19)23/h4-7,10-11,13H,3,8-9,12H2,1-2H3,(H,27,28)/t21-/m1/s1. The molecule has 0 radical (unpaired) electrons. The lowest BCUT2D eigenvalue weighted by atomic mass is 9.86. The summed E-state index contributed by atoms with van der Waals surface area (Å²) in [4.78, 5) is 11.7. The topological polar surface area (TPSA) is 65.0 Å². The highest BCUT2D eigenvalue weighted by Crippen LogP contribution is 2.41. The molecule has 0 saturated carbocycles. The molecule has 0 aromatic heterocycles. The van der Waals surface area contributed by atoms with Crippen LogP contribution in [0.5, 0.6) is 17.2 Å². The summed E-state index contributed by atoms with van der Waals surface area (Å²) in [5.74, 6) is -0.201. The number of ether oxygens (including phenoxy) is 3. The van der Waals surface area contributed by atoms with Gasteiger partial charge in [0.1, 0.15) is 17.2 Å². The molecule has 0 saturated heterocycles. The maximum absolute atomic E-state index is 12.8. The van der Waals surface area contributed by atoms with Crippen molar-refractivity contribution in [3.05, 3.63) is 52.5 Å². The van der Waals surface area contributed by atoms with Gasteiger partial charge in [-0.25, -0.2) is 4.79 Å². The molecule has 0 amide bonds. The van der Waals surface area contributed by atoms with Crippen molar-refractivity contribution in [1.82, 2.24) is 0 Å². The highest BCUT2D eigenvalue weighted by atomic mass is 35.5. The van der Waals surface area contributed by atoms with Gasteiger partial charge in [-0.2, -0.15) is 13.2 Å². The van der Waals surface area contributed by atoms with Gasteiger partial charge in [-0.1, -0.05) is 25.4 Å². The van der Waals surface area contributed by atoms with Crippen molar-refractivity contribution in [3.63, 3.8) is 0 Å². The van der Waals surface area contributed by atoms with Crippen LogP contribution in [0.3, 0.4) is 0 Å². The van der Waals surface area contributed by atoms with Crippen molar-refractivity contribution in [3.8, 4) is 17.2 Å². The van der Waals surface area contributed by atoms with Crippen molar-refractivity contribution in [1.29, 1.82) is 0 Å². The van der Waals surface area contributed by atoms with E-state index in [-0.39, 0.29) is 36.3 Å². The van der Waals surface area contributed by atoms with Crippen molar-refractivity contribution in [2.24, 2.45) is 5.92 Å².